The third kappa shape index (κ3) is 3.46. The Labute approximate surface area is 124 Å². The van der Waals surface area contributed by atoms with Gasteiger partial charge in [0.25, 0.3) is 0 Å². The normalized spacial score (nSPS) is 10.1. The highest BCUT2D eigenvalue weighted by molar-refractivity contribution is 6.31. The van der Waals surface area contributed by atoms with Gasteiger partial charge in [-0.25, -0.2) is 4.79 Å². The van der Waals surface area contributed by atoms with E-state index in [-0.39, 0.29) is 22.9 Å². The van der Waals surface area contributed by atoms with Crippen molar-refractivity contribution >= 4 is 40.6 Å². The van der Waals surface area contributed by atoms with Crippen LogP contribution in [-0.2, 0) is 0 Å². The third-order valence-electron chi connectivity index (χ3n) is 2.41. The lowest BCUT2D eigenvalue weighted by Gasteiger charge is -2.10. The number of carbonyl (C=O) groups is 1. The lowest BCUT2D eigenvalue weighted by Crippen LogP contribution is -2.19. The number of nitrogens with one attached hydrogen (secondary N) is 2. The first-order valence-electron chi connectivity index (χ1n) is 5.51. The molecule has 0 fully saturated rings. The quantitative estimate of drug-likeness (QED) is 0.631. The highest BCUT2D eigenvalue weighted by Crippen LogP contribution is 2.28. The third-order valence-corrected chi connectivity index (χ3v) is 2.88. The van der Waals surface area contributed by atoms with Crippen LogP contribution >= 0.6 is 23.2 Å². The zero-order chi connectivity index (χ0) is 14.7. The van der Waals surface area contributed by atoms with Crippen LogP contribution in [0.25, 0.3) is 0 Å². The molecule has 7 heteroatoms. The number of benzene rings is 2. The summed E-state index contributed by atoms with van der Waals surface area (Å²) in [4.78, 5) is 11.8. The number of phenolic OH excluding ortho intramolecular Hbond substituents is 2. The van der Waals surface area contributed by atoms with Crippen LogP contribution in [-0.4, -0.2) is 16.2 Å². The molecule has 5 nitrogen and oxygen atoms in total. The first kappa shape index (κ1) is 14.3. The van der Waals surface area contributed by atoms with Crippen molar-refractivity contribution in [3.63, 3.8) is 0 Å². The van der Waals surface area contributed by atoms with Gasteiger partial charge >= 0.3 is 6.03 Å². The highest BCUT2D eigenvalue weighted by Gasteiger charge is 2.10. The fourth-order valence-electron chi connectivity index (χ4n) is 1.49. The molecule has 2 aromatic rings. The van der Waals surface area contributed by atoms with Crippen molar-refractivity contribution in [3.05, 3.63) is 46.4 Å². The molecule has 0 spiro atoms. The summed E-state index contributed by atoms with van der Waals surface area (Å²) >= 11 is 11.5. The minimum absolute atomic E-state index is 0.125. The Balaban J connectivity index is 2.13. The Morgan fingerprint density at radius 3 is 1.65 bits per heavy atom. The Hall–Kier alpha value is -2.11. The van der Waals surface area contributed by atoms with Crippen molar-refractivity contribution in [2.75, 3.05) is 10.6 Å². The molecule has 0 aliphatic rings. The molecule has 0 heterocycles. The number of hydrogen-bond donors (Lipinski definition) is 4. The van der Waals surface area contributed by atoms with E-state index in [2.05, 4.69) is 10.6 Å². The number of urea groups is 1. The summed E-state index contributed by atoms with van der Waals surface area (Å²) in [7, 11) is 0. The van der Waals surface area contributed by atoms with Gasteiger partial charge in [-0.15, -0.1) is 0 Å². The predicted octanol–water partition coefficient (Wildman–Crippen LogP) is 4.05. The van der Waals surface area contributed by atoms with Crippen molar-refractivity contribution < 1.29 is 15.0 Å². The molecule has 2 rings (SSSR count). The zero-order valence-electron chi connectivity index (χ0n) is 10.0. The van der Waals surface area contributed by atoms with E-state index in [1.54, 1.807) is 0 Å². The molecule has 0 aliphatic carbocycles. The van der Waals surface area contributed by atoms with Crippen LogP contribution in [0, 0.1) is 0 Å². The Bertz CT molecular complexity index is 607. The van der Waals surface area contributed by atoms with Gasteiger partial charge < -0.3 is 20.8 Å². The highest BCUT2D eigenvalue weighted by atomic mass is 35.5. The van der Waals surface area contributed by atoms with Crippen molar-refractivity contribution in [2.24, 2.45) is 0 Å². The molecule has 0 aliphatic heterocycles. The number of halogens is 2. The van der Waals surface area contributed by atoms with E-state index in [9.17, 15) is 15.0 Å². The maximum atomic E-state index is 11.8. The van der Waals surface area contributed by atoms with E-state index >= 15 is 0 Å². The van der Waals surface area contributed by atoms with Gasteiger partial charge in [-0.2, -0.15) is 0 Å². The van der Waals surface area contributed by atoms with Gasteiger partial charge in [0.15, 0.2) is 0 Å². The standard InChI is InChI=1S/C13H10Cl2N2O3/c14-7-1-3-11(18)9(5-7)16-13(20)17-10-6-8(15)2-4-12(10)19/h1-6,18-19H,(H2,16,17,20). The van der Waals surface area contributed by atoms with Crippen molar-refractivity contribution in [3.8, 4) is 11.5 Å². The maximum absolute atomic E-state index is 11.8. The molecule has 0 saturated carbocycles. The van der Waals surface area contributed by atoms with Crippen molar-refractivity contribution in [1.82, 2.24) is 0 Å². The average Bonchev–Trinajstić information content (AvgIpc) is 2.38. The molecule has 0 atom stereocenters. The lowest BCUT2D eigenvalue weighted by atomic mass is 10.3. The van der Waals surface area contributed by atoms with Crippen LogP contribution in [0.15, 0.2) is 36.4 Å². The molecule has 0 aromatic heterocycles. The predicted molar refractivity (Wildman–Crippen MR) is 78.9 cm³/mol. The molecule has 0 unspecified atom stereocenters. The Morgan fingerprint density at radius 2 is 1.25 bits per heavy atom. The van der Waals surface area contributed by atoms with Crippen LogP contribution in [0.2, 0.25) is 10.0 Å². The minimum atomic E-state index is -0.653. The first-order valence-corrected chi connectivity index (χ1v) is 6.26. The summed E-state index contributed by atoms with van der Waals surface area (Å²) in [6, 6.07) is 7.83. The van der Waals surface area contributed by atoms with Crippen LogP contribution in [0.1, 0.15) is 0 Å². The van der Waals surface area contributed by atoms with Crippen LogP contribution in [0.4, 0.5) is 16.2 Å². The fourth-order valence-corrected chi connectivity index (χ4v) is 1.84. The van der Waals surface area contributed by atoms with E-state index in [1.807, 2.05) is 0 Å². The van der Waals surface area contributed by atoms with Gasteiger partial charge in [0.1, 0.15) is 11.5 Å². The first-order chi connectivity index (χ1) is 9.45. The summed E-state index contributed by atoms with van der Waals surface area (Å²) in [5.74, 6) is -0.250. The largest absolute Gasteiger partial charge is 0.506 e. The summed E-state index contributed by atoms with van der Waals surface area (Å²) < 4.78 is 0. The molecule has 2 amide bonds. The van der Waals surface area contributed by atoms with E-state index in [1.165, 1.54) is 36.4 Å². The maximum Gasteiger partial charge on any atom is 0.323 e. The number of hydrogen-bond acceptors (Lipinski definition) is 3. The lowest BCUT2D eigenvalue weighted by molar-refractivity contribution is 0.262. The summed E-state index contributed by atoms with van der Waals surface area (Å²) in [5, 5.41) is 24.7. The molecule has 4 N–H and O–H groups in total. The number of carbonyl (C=O) groups excluding carboxylic acids is 1. The molecule has 20 heavy (non-hydrogen) atoms. The van der Waals surface area contributed by atoms with Gasteiger partial charge in [0.2, 0.25) is 0 Å². The van der Waals surface area contributed by atoms with E-state index in [0.717, 1.165) is 0 Å². The molecule has 0 radical (unpaired) electrons. The second-order valence-corrected chi connectivity index (χ2v) is 4.77. The molecule has 0 bridgehead atoms. The van der Waals surface area contributed by atoms with Gasteiger partial charge in [0, 0.05) is 10.0 Å². The number of anilines is 2. The molecule has 104 valence electrons. The van der Waals surface area contributed by atoms with Crippen LogP contribution in [0.5, 0.6) is 11.5 Å². The summed E-state index contributed by atoms with van der Waals surface area (Å²) in [6.45, 7) is 0. The number of aromatic hydroxyl groups is 2. The van der Waals surface area contributed by atoms with Gasteiger partial charge in [0.05, 0.1) is 11.4 Å². The molecular formula is C13H10Cl2N2O3. The number of phenols is 2. The molecular weight excluding hydrogens is 303 g/mol. The van der Waals surface area contributed by atoms with Crippen LogP contribution in [0.3, 0.4) is 0 Å². The van der Waals surface area contributed by atoms with Crippen molar-refractivity contribution in [1.29, 1.82) is 0 Å². The zero-order valence-corrected chi connectivity index (χ0v) is 11.5. The monoisotopic (exact) mass is 312 g/mol. The SMILES string of the molecule is O=C(Nc1cc(Cl)ccc1O)Nc1cc(Cl)ccc1O. The number of rotatable bonds is 2. The van der Waals surface area contributed by atoms with E-state index in [4.69, 9.17) is 23.2 Å². The average molecular weight is 313 g/mol. The van der Waals surface area contributed by atoms with Gasteiger partial charge in [-0.3, -0.25) is 0 Å². The van der Waals surface area contributed by atoms with E-state index in [0.29, 0.717) is 10.0 Å². The summed E-state index contributed by atoms with van der Waals surface area (Å²) in [6.07, 6.45) is 0. The second-order valence-electron chi connectivity index (χ2n) is 3.90. The molecule has 0 saturated heterocycles. The van der Waals surface area contributed by atoms with Crippen molar-refractivity contribution in [2.45, 2.75) is 0 Å². The Kier molecular flexibility index (Phi) is 4.22. The van der Waals surface area contributed by atoms with Gasteiger partial charge in [-0.1, -0.05) is 23.2 Å². The van der Waals surface area contributed by atoms with Gasteiger partial charge in [-0.05, 0) is 36.4 Å². The minimum Gasteiger partial charge on any atom is -0.506 e. The number of amides is 2. The fraction of sp³-hybridized carbons (Fsp3) is 0. The Morgan fingerprint density at radius 1 is 0.850 bits per heavy atom. The van der Waals surface area contributed by atoms with Crippen LogP contribution < -0.4 is 10.6 Å². The molecule has 2 aromatic carbocycles. The summed E-state index contributed by atoms with van der Waals surface area (Å²) in [5.41, 5.74) is 0.299. The smallest absolute Gasteiger partial charge is 0.323 e. The van der Waals surface area contributed by atoms with E-state index < -0.39 is 6.03 Å². The second kappa shape index (κ2) is 5.90. The topological polar surface area (TPSA) is 81.6 Å².